The molecule has 0 spiro atoms. The van der Waals surface area contributed by atoms with Crippen molar-refractivity contribution in [3.8, 4) is 0 Å². The van der Waals surface area contributed by atoms with Crippen molar-refractivity contribution in [2.75, 3.05) is 0 Å². The lowest BCUT2D eigenvalue weighted by Gasteiger charge is -2.44. The second-order valence-corrected chi connectivity index (χ2v) is 7.10. The third kappa shape index (κ3) is 2.51. The molecule has 0 bridgehead atoms. The van der Waals surface area contributed by atoms with E-state index in [1.807, 2.05) is 47.6 Å². The average Bonchev–Trinajstić information content (AvgIpc) is 2.13. The van der Waals surface area contributed by atoms with Crippen LogP contribution in [0.25, 0.3) is 0 Å². The molecule has 2 N–H and O–H groups in total. The predicted octanol–water partition coefficient (Wildman–Crippen LogP) is 3.01. The van der Waals surface area contributed by atoms with Crippen LogP contribution in [0.3, 0.4) is 0 Å². The fourth-order valence-electron chi connectivity index (χ4n) is 2.14. The Hall–Kier alpha value is -1.09. The fraction of sp³-hybridized carbons (Fsp3) is 0.667. The van der Waals surface area contributed by atoms with Crippen molar-refractivity contribution in [3.63, 3.8) is 0 Å². The van der Waals surface area contributed by atoms with Crippen LogP contribution >= 0.6 is 0 Å². The van der Waals surface area contributed by atoms with E-state index in [1.165, 1.54) is 0 Å². The summed E-state index contributed by atoms with van der Waals surface area (Å²) >= 11 is 0. The van der Waals surface area contributed by atoms with E-state index in [0.29, 0.717) is 0 Å². The summed E-state index contributed by atoms with van der Waals surface area (Å²) in [6.07, 6.45) is 5.15. The van der Waals surface area contributed by atoms with Crippen LogP contribution < -0.4 is 0 Å². The third-order valence-corrected chi connectivity index (χ3v) is 3.65. The molecule has 0 saturated heterocycles. The molecule has 1 rings (SSSR count). The number of rotatable bonds is 1. The third-order valence-electron chi connectivity index (χ3n) is 3.65. The Kier molecular flexibility index (Phi) is 3.52. The van der Waals surface area contributed by atoms with Gasteiger partial charge in [-0.3, -0.25) is 4.79 Å². The van der Waals surface area contributed by atoms with E-state index in [1.54, 1.807) is 12.2 Å². The van der Waals surface area contributed by atoms with E-state index in [2.05, 4.69) is 0 Å². The van der Waals surface area contributed by atoms with E-state index >= 15 is 0 Å². The molecule has 3 heteroatoms. The van der Waals surface area contributed by atoms with Crippen LogP contribution in [0.1, 0.15) is 41.5 Å². The summed E-state index contributed by atoms with van der Waals surface area (Å²) in [7, 11) is 0. The molecule has 0 aliphatic heterocycles. The molecule has 102 valence electrons. The Morgan fingerprint density at radius 1 is 1.22 bits per heavy atom. The van der Waals surface area contributed by atoms with E-state index in [9.17, 15) is 15.0 Å². The number of aliphatic carboxylic acids is 1. The first-order chi connectivity index (χ1) is 7.89. The van der Waals surface area contributed by atoms with Crippen molar-refractivity contribution in [1.29, 1.82) is 0 Å². The SMILES string of the molecule is CC(C)(C)C1=CC(O)(C(C)(C)C)C(C(=O)O)C=C1. The second-order valence-electron chi connectivity index (χ2n) is 7.10. The Bertz CT molecular complexity index is 404. The highest BCUT2D eigenvalue weighted by atomic mass is 16.4. The summed E-state index contributed by atoms with van der Waals surface area (Å²) in [5.41, 5.74) is -1.05. The number of aliphatic hydroxyl groups is 1. The maximum Gasteiger partial charge on any atom is 0.313 e. The summed E-state index contributed by atoms with van der Waals surface area (Å²) in [5, 5.41) is 20.1. The first kappa shape index (κ1) is 15.0. The Morgan fingerprint density at radius 3 is 2.06 bits per heavy atom. The predicted molar refractivity (Wildman–Crippen MR) is 72.2 cm³/mol. The van der Waals surface area contributed by atoms with E-state index in [4.69, 9.17) is 0 Å². The van der Waals surface area contributed by atoms with Gasteiger partial charge in [-0.15, -0.1) is 0 Å². The summed E-state index contributed by atoms with van der Waals surface area (Å²) in [5.74, 6) is -1.89. The van der Waals surface area contributed by atoms with Gasteiger partial charge < -0.3 is 10.2 Å². The van der Waals surface area contributed by atoms with Crippen molar-refractivity contribution >= 4 is 5.97 Å². The number of carboxylic acids is 1. The molecule has 2 unspecified atom stereocenters. The van der Waals surface area contributed by atoms with Gasteiger partial charge in [-0.2, -0.15) is 0 Å². The first-order valence-corrected chi connectivity index (χ1v) is 6.26. The Labute approximate surface area is 109 Å². The quantitative estimate of drug-likeness (QED) is 0.754. The highest BCUT2D eigenvalue weighted by Crippen LogP contribution is 2.44. The molecule has 0 aromatic rings. The molecule has 0 aromatic heterocycles. The summed E-state index contributed by atoms with van der Waals surface area (Å²) < 4.78 is 0. The molecule has 0 radical (unpaired) electrons. The Morgan fingerprint density at radius 2 is 1.72 bits per heavy atom. The number of carboxylic acid groups (broad SMARTS) is 1. The molecule has 0 aromatic carbocycles. The van der Waals surface area contributed by atoms with E-state index < -0.39 is 22.9 Å². The summed E-state index contributed by atoms with van der Waals surface area (Å²) in [6, 6.07) is 0. The van der Waals surface area contributed by atoms with Crippen molar-refractivity contribution in [3.05, 3.63) is 23.8 Å². The largest absolute Gasteiger partial charge is 0.481 e. The van der Waals surface area contributed by atoms with E-state index in [0.717, 1.165) is 5.57 Å². The molecule has 1 aliphatic rings. The molecule has 2 atom stereocenters. The monoisotopic (exact) mass is 252 g/mol. The molecule has 0 heterocycles. The average molecular weight is 252 g/mol. The van der Waals surface area contributed by atoms with Gasteiger partial charge in [0.05, 0.1) is 0 Å². The summed E-state index contributed by atoms with van der Waals surface area (Å²) in [6.45, 7) is 11.7. The van der Waals surface area contributed by atoms with Crippen LogP contribution in [0.4, 0.5) is 0 Å². The first-order valence-electron chi connectivity index (χ1n) is 6.26. The van der Waals surface area contributed by atoms with Gasteiger partial charge in [0, 0.05) is 0 Å². The molecule has 0 saturated carbocycles. The molecule has 3 nitrogen and oxygen atoms in total. The standard InChI is InChI=1S/C15H24O3/c1-13(2,3)10-7-8-11(12(16)17)15(18,9-10)14(4,5)6/h7-9,11,18H,1-6H3,(H,16,17). The number of hydrogen-bond acceptors (Lipinski definition) is 2. The molecule has 0 fully saturated rings. The maximum absolute atomic E-state index is 11.3. The van der Waals surface area contributed by atoms with E-state index in [-0.39, 0.29) is 5.41 Å². The van der Waals surface area contributed by atoms with Gasteiger partial charge in [0.25, 0.3) is 0 Å². The summed E-state index contributed by atoms with van der Waals surface area (Å²) in [4.78, 5) is 11.3. The van der Waals surface area contributed by atoms with Gasteiger partial charge in [-0.25, -0.2) is 0 Å². The zero-order chi connectivity index (χ0) is 14.4. The van der Waals surface area contributed by atoms with Gasteiger partial charge in [0.15, 0.2) is 0 Å². The molecular weight excluding hydrogens is 228 g/mol. The lowest BCUT2D eigenvalue weighted by Crippen LogP contribution is -2.51. The molecular formula is C15H24O3. The topological polar surface area (TPSA) is 57.5 Å². The smallest absolute Gasteiger partial charge is 0.313 e. The minimum Gasteiger partial charge on any atom is -0.481 e. The van der Waals surface area contributed by atoms with Crippen LogP contribution in [0.5, 0.6) is 0 Å². The highest BCUT2D eigenvalue weighted by molar-refractivity contribution is 5.75. The van der Waals surface area contributed by atoms with Gasteiger partial charge in [-0.05, 0) is 22.5 Å². The molecule has 0 amide bonds. The van der Waals surface area contributed by atoms with Gasteiger partial charge in [-0.1, -0.05) is 53.7 Å². The lowest BCUT2D eigenvalue weighted by atomic mass is 9.64. The fourth-order valence-corrected chi connectivity index (χ4v) is 2.14. The van der Waals surface area contributed by atoms with Gasteiger partial charge in [0.1, 0.15) is 11.5 Å². The van der Waals surface area contributed by atoms with Crippen LogP contribution in [0.2, 0.25) is 0 Å². The number of allylic oxidation sites excluding steroid dienone is 2. The van der Waals surface area contributed by atoms with Crippen molar-refractivity contribution < 1.29 is 15.0 Å². The Balaban J connectivity index is 3.35. The molecule has 1 aliphatic carbocycles. The van der Waals surface area contributed by atoms with Crippen LogP contribution in [-0.4, -0.2) is 21.8 Å². The zero-order valence-corrected chi connectivity index (χ0v) is 12.1. The molecule has 18 heavy (non-hydrogen) atoms. The lowest BCUT2D eigenvalue weighted by molar-refractivity contribution is -0.152. The highest BCUT2D eigenvalue weighted by Gasteiger charge is 2.49. The number of carbonyl (C=O) groups is 1. The van der Waals surface area contributed by atoms with Crippen LogP contribution in [0.15, 0.2) is 23.8 Å². The normalized spacial score (nSPS) is 29.1. The van der Waals surface area contributed by atoms with Gasteiger partial charge >= 0.3 is 5.97 Å². The minimum absolute atomic E-state index is 0.112. The van der Waals surface area contributed by atoms with Crippen molar-refractivity contribution in [2.45, 2.75) is 47.1 Å². The van der Waals surface area contributed by atoms with Crippen molar-refractivity contribution in [2.24, 2.45) is 16.7 Å². The van der Waals surface area contributed by atoms with Gasteiger partial charge in [0.2, 0.25) is 0 Å². The minimum atomic E-state index is -1.36. The maximum atomic E-state index is 11.3. The van der Waals surface area contributed by atoms with Crippen LogP contribution in [0, 0.1) is 16.7 Å². The van der Waals surface area contributed by atoms with Crippen LogP contribution in [-0.2, 0) is 4.79 Å². The van der Waals surface area contributed by atoms with Crippen molar-refractivity contribution in [1.82, 2.24) is 0 Å². The zero-order valence-electron chi connectivity index (χ0n) is 12.1. The number of hydrogen-bond donors (Lipinski definition) is 2. The second kappa shape index (κ2) is 4.23.